The first kappa shape index (κ1) is 13.5. The molecule has 0 atom stereocenters. The Bertz CT molecular complexity index is 623. The van der Waals surface area contributed by atoms with Crippen LogP contribution in [0.25, 0.3) is 6.08 Å². The van der Waals surface area contributed by atoms with Crippen LogP contribution < -0.4 is 4.74 Å². The van der Waals surface area contributed by atoms with Gasteiger partial charge < -0.3 is 9.84 Å². The maximum Gasteiger partial charge on any atom is 0.266 e. The van der Waals surface area contributed by atoms with Crippen molar-refractivity contribution >= 4 is 40.3 Å². The molecular weight excluding hydrogens is 294 g/mol. The summed E-state index contributed by atoms with van der Waals surface area (Å²) in [5, 5.41) is 9.75. The number of nitrogens with zero attached hydrogens (tertiary/aromatic N) is 1. The summed E-state index contributed by atoms with van der Waals surface area (Å²) in [5.74, 6) is 0.435. The summed E-state index contributed by atoms with van der Waals surface area (Å²) in [6.45, 7) is 0. The molecule has 3 rings (SSSR count). The molecule has 1 aliphatic heterocycles. The second-order valence-electron chi connectivity index (χ2n) is 4.71. The van der Waals surface area contributed by atoms with E-state index >= 15 is 0 Å². The molecule has 2 fully saturated rings. The van der Waals surface area contributed by atoms with Crippen LogP contribution in [0, 0.1) is 0 Å². The van der Waals surface area contributed by atoms with Gasteiger partial charge in [0.15, 0.2) is 11.5 Å². The number of methoxy groups -OCH3 is 1. The maximum atomic E-state index is 12.3. The van der Waals surface area contributed by atoms with E-state index < -0.39 is 0 Å². The number of phenolic OH excluding ortho intramolecular Hbond substituents is 1. The summed E-state index contributed by atoms with van der Waals surface area (Å²) >= 11 is 6.57. The minimum Gasteiger partial charge on any atom is -0.504 e. The van der Waals surface area contributed by atoms with E-state index in [1.807, 2.05) is 0 Å². The number of rotatable bonds is 3. The number of phenols is 1. The lowest BCUT2D eigenvalue weighted by atomic mass is 10.2. The van der Waals surface area contributed by atoms with Crippen molar-refractivity contribution < 1.29 is 14.6 Å². The van der Waals surface area contributed by atoms with Crippen molar-refractivity contribution in [1.29, 1.82) is 0 Å². The first-order chi connectivity index (χ1) is 9.60. The molecule has 1 amide bonds. The van der Waals surface area contributed by atoms with E-state index in [9.17, 15) is 9.90 Å². The number of carbonyl (C=O) groups is 1. The van der Waals surface area contributed by atoms with Crippen LogP contribution in [-0.2, 0) is 4.79 Å². The molecule has 104 valence electrons. The summed E-state index contributed by atoms with van der Waals surface area (Å²) in [6, 6.07) is 5.32. The van der Waals surface area contributed by atoms with Crippen LogP contribution in [0.3, 0.4) is 0 Å². The average molecular weight is 307 g/mol. The molecule has 1 aromatic carbocycles. The van der Waals surface area contributed by atoms with Crippen LogP contribution >= 0.6 is 24.0 Å². The van der Waals surface area contributed by atoms with Gasteiger partial charge in [-0.2, -0.15) is 0 Å². The van der Waals surface area contributed by atoms with Crippen molar-refractivity contribution in [2.45, 2.75) is 18.9 Å². The first-order valence-electron chi connectivity index (χ1n) is 6.24. The largest absolute Gasteiger partial charge is 0.504 e. The Balaban J connectivity index is 1.87. The van der Waals surface area contributed by atoms with Crippen molar-refractivity contribution in [2.75, 3.05) is 7.11 Å². The van der Waals surface area contributed by atoms with E-state index in [1.165, 1.54) is 18.9 Å². The summed E-state index contributed by atoms with van der Waals surface area (Å²) < 4.78 is 5.62. The highest BCUT2D eigenvalue weighted by molar-refractivity contribution is 8.26. The highest BCUT2D eigenvalue weighted by Crippen LogP contribution is 2.40. The fourth-order valence-electron chi connectivity index (χ4n) is 2.08. The third-order valence-electron chi connectivity index (χ3n) is 3.24. The van der Waals surface area contributed by atoms with E-state index in [-0.39, 0.29) is 17.7 Å². The number of amides is 1. The molecule has 0 bridgehead atoms. The minimum absolute atomic E-state index is 0.0298. The number of hydrogen-bond donors (Lipinski definition) is 1. The molecule has 1 saturated heterocycles. The van der Waals surface area contributed by atoms with Crippen molar-refractivity contribution in [3.05, 3.63) is 28.7 Å². The fraction of sp³-hybridized carbons (Fsp3) is 0.286. The van der Waals surface area contributed by atoms with Crippen molar-refractivity contribution in [3.63, 3.8) is 0 Å². The van der Waals surface area contributed by atoms with Crippen molar-refractivity contribution in [1.82, 2.24) is 4.90 Å². The molecule has 0 aromatic heterocycles. The highest BCUT2D eigenvalue weighted by Gasteiger charge is 2.41. The molecule has 20 heavy (non-hydrogen) atoms. The Hall–Kier alpha value is -1.53. The number of aromatic hydroxyl groups is 1. The Kier molecular flexibility index (Phi) is 3.43. The van der Waals surface area contributed by atoms with Gasteiger partial charge in [0.1, 0.15) is 4.32 Å². The predicted octanol–water partition coefficient (Wildman–Crippen LogP) is 2.76. The second-order valence-corrected chi connectivity index (χ2v) is 6.39. The zero-order valence-electron chi connectivity index (χ0n) is 10.8. The van der Waals surface area contributed by atoms with Gasteiger partial charge in [0.2, 0.25) is 0 Å². The quantitative estimate of drug-likeness (QED) is 0.687. The molecule has 1 aliphatic carbocycles. The van der Waals surface area contributed by atoms with Crippen LogP contribution in [0.5, 0.6) is 11.5 Å². The van der Waals surface area contributed by atoms with E-state index in [4.69, 9.17) is 17.0 Å². The van der Waals surface area contributed by atoms with E-state index in [1.54, 1.807) is 29.2 Å². The lowest BCUT2D eigenvalue weighted by molar-refractivity contribution is -0.122. The van der Waals surface area contributed by atoms with Crippen LogP contribution in [0.4, 0.5) is 0 Å². The number of benzene rings is 1. The molecule has 1 heterocycles. The van der Waals surface area contributed by atoms with E-state index in [2.05, 4.69) is 0 Å². The lowest BCUT2D eigenvalue weighted by Crippen LogP contribution is -2.30. The van der Waals surface area contributed by atoms with E-state index in [0.717, 1.165) is 18.4 Å². The Morgan fingerprint density at radius 1 is 1.50 bits per heavy atom. The topological polar surface area (TPSA) is 49.8 Å². The van der Waals surface area contributed by atoms with Crippen molar-refractivity contribution in [3.8, 4) is 11.5 Å². The molecule has 6 heteroatoms. The molecule has 1 aromatic rings. The molecule has 2 aliphatic rings. The zero-order chi connectivity index (χ0) is 14.3. The predicted molar refractivity (Wildman–Crippen MR) is 82.7 cm³/mol. The van der Waals surface area contributed by atoms with Gasteiger partial charge in [0.25, 0.3) is 5.91 Å². The SMILES string of the molecule is COc1ccc(/C=C2/SC(=S)N(C3CC3)C2=O)cc1O. The first-order valence-corrected chi connectivity index (χ1v) is 7.46. The van der Waals surface area contributed by atoms with Gasteiger partial charge in [0, 0.05) is 6.04 Å². The number of ether oxygens (including phenoxy) is 1. The number of hydrogen-bond acceptors (Lipinski definition) is 5. The Labute approximate surface area is 126 Å². The van der Waals surface area contributed by atoms with Crippen LogP contribution in [0.15, 0.2) is 23.1 Å². The van der Waals surface area contributed by atoms with Gasteiger partial charge in [0.05, 0.1) is 12.0 Å². The molecule has 4 nitrogen and oxygen atoms in total. The molecular formula is C14H13NO3S2. The van der Waals surface area contributed by atoms with Gasteiger partial charge in [-0.25, -0.2) is 0 Å². The number of thiocarbonyl (C=S) groups is 1. The summed E-state index contributed by atoms with van der Waals surface area (Å²) in [5.41, 5.74) is 0.750. The van der Waals surface area contributed by atoms with Gasteiger partial charge >= 0.3 is 0 Å². The minimum atomic E-state index is -0.0298. The lowest BCUT2D eigenvalue weighted by Gasteiger charge is -2.11. The molecule has 0 radical (unpaired) electrons. The summed E-state index contributed by atoms with van der Waals surface area (Å²) in [6.07, 6.45) is 3.81. The van der Waals surface area contributed by atoms with Gasteiger partial charge in [-0.05, 0) is 36.6 Å². The van der Waals surface area contributed by atoms with E-state index in [0.29, 0.717) is 15.0 Å². The maximum absolute atomic E-state index is 12.3. The average Bonchev–Trinajstić information content (AvgIpc) is 3.19. The van der Waals surface area contributed by atoms with Crippen LogP contribution in [-0.4, -0.2) is 33.4 Å². The number of carbonyl (C=O) groups excluding carboxylic acids is 1. The highest BCUT2D eigenvalue weighted by atomic mass is 32.2. The zero-order valence-corrected chi connectivity index (χ0v) is 12.5. The van der Waals surface area contributed by atoms with Crippen LogP contribution in [0.2, 0.25) is 0 Å². The summed E-state index contributed by atoms with van der Waals surface area (Å²) in [7, 11) is 1.50. The number of thioether (sulfide) groups is 1. The third kappa shape index (κ3) is 2.41. The van der Waals surface area contributed by atoms with Gasteiger partial charge in [-0.15, -0.1) is 0 Å². The smallest absolute Gasteiger partial charge is 0.266 e. The van der Waals surface area contributed by atoms with Gasteiger partial charge in [-0.3, -0.25) is 9.69 Å². The Morgan fingerprint density at radius 2 is 2.25 bits per heavy atom. The molecule has 0 spiro atoms. The monoisotopic (exact) mass is 307 g/mol. The Morgan fingerprint density at radius 3 is 2.85 bits per heavy atom. The normalized spacial score (nSPS) is 20.9. The summed E-state index contributed by atoms with van der Waals surface area (Å²) in [4.78, 5) is 14.6. The third-order valence-corrected chi connectivity index (χ3v) is 4.57. The van der Waals surface area contributed by atoms with Crippen molar-refractivity contribution in [2.24, 2.45) is 0 Å². The molecule has 1 N–H and O–H groups in total. The van der Waals surface area contributed by atoms with Crippen LogP contribution in [0.1, 0.15) is 18.4 Å². The van der Waals surface area contributed by atoms with Gasteiger partial charge in [-0.1, -0.05) is 30.0 Å². The molecule has 0 unspecified atom stereocenters. The fourth-order valence-corrected chi connectivity index (χ4v) is 3.48. The second kappa shape index (κ2) is 5.10. The molecule has 1 saturated carbocycles. The standard InChI is InChI=1S/C14H13NO3S2/c1-18-11-5-2-8(6-10(11)16)7-12-13(17)15(9-3-4-9)14(19)20-12/h2,5-7,9,16H,3-4H2,1H3/b12-7+.